The van der Waals surface area contributed by atoms with Gasteiger partial charge in [0, 0.05) is 27.5 Å². The lowest BCUT2D eigenvalue weighted by Crippen LogP contribution is -2.02. The second kappa shape index (κ2) is 13.2. The number of aryl methyl sites for hydroxylation is 2. The first kappa shape index (κ1) is 31.8. The first-order chi connectivity index (χ1) is 26.1. The number of nitriles is 1. The highest BCUT2D eigenvalue weighted by Crippen LogP contribution is 2.39. The number of fused-ring (bicyclic) bond motifs is 3. The van der Waals surface area contributed by atoms with Crippen LogP contribution in [0.1, 0.15) is 16.7 Å². The van der Waals surface area contributed by atoms with Crippen molar-refractivity contribution >= 4 is 21.8 Å². The van der Waals surface area contributed by atoms with Crippen molar-refractivity contribution in [1.29, 1.82) is 5.26 Å². The van der Waals surface area contributed by atoms with E-state index < -0.39 is 0 Å². The molecule has 0 unspecified atom stereocenters. The van der Waals surface area contributed by atoms with Gasteiger partial charge in [0.2, 0.25) is 0 Å². The molecule has 0 saturated heterocycles. The van der Waals surface area contributed by atoms with Gasteiger partial charge in [-0.3, -0.25) is 0 Å². The summed E-state index contributed by atoms with van der Waals surface area (Å²) in [5, 5.41) is 12.8. The Hall–Kier alpha value is -7.16. The summed E-state index contributed by atoms with van der Waals surface area (Å²) in [5.74, 6) is 1.71. The monoisotopic (exact) mass is 679 g/mol. The zero-order valence-electron chi connectivity index (χ0n) is 29.3. The molecule has 2 aromatic heterocycles. The van der Waals surface area contributed by atoms with E-state index in [4.69, 9.17) is 15.0 Å². The van der Waals surface area contributed by atoms with Crippen molar-refractivity contribution < 1.29 is 0 Å². The van der Waals surface area contributed by atoms with E-state index in [2.05, 4.69) is 109 Å². The number of hydrogen-bond donors (Lipinski definition) is 0. The molecule has 5 nitrogen and oxygen atoms in total. The largest absolute Gasteiger partial charge is 0.308 e. The molecule has 0 N–H and O–H groups in total. The molecule has 0 fully saturated rings. The average Bonchev–Trinajstić information content (AvgIpc) is 3.54. The lowest BCUT2D eigenvalue weighted by molar-refractivity contribution is 1.07. The Morgan fingerprint density at radius 1 is 0.434 bits per heavy atom. The zero-order chi connectivity index (χ0) is 35.9. The van der Waals surface area contributed by atoms with Gasteiger partial charge in [0.15, 0.2) is 17.5 Å². The minimum absolute atomic E-state index is 0.535. The Balaban J connectivity index is 1.29. The van der Waals surface area contributed by atoms with E-state index in [-0.39, 0.29) is 0 Å². The summed E-state index contributed by atoms with van der Waals surface area (Å²) in [6.45, 7) is 4.30. The van der Waals surface area contributed by atoms with Crippen LogP contribution in [0.4, 0.5) is 0 Å². The molecule has 0 saturated carbocycles. The Kier molecular flexibility index (Phi) is 7.91. The molecule has 2 heterocycles. The summed E-state index contributed by atoms with van der Waals surface area (Å²) in [7, 11) is 0. The van der Waals surface area contributed by atoms with Gasteiger partial charge in [0.05, 0.1) is 22.3 Å². The first-order valence-electron chi connectivity index (χ1n) is 17.7. The summed E-state index contributed by atoms with van der Waals surface area (Å²) in [5.41, 5.74) is 13.1. The van der Waals surface area contributed by atoms with Crippen LogP contribution in [0.5, 0.6) is 0 Å². The maximum atomic E-state index is 10.6. The molecule has 0 radical (unpaired) electrons. The van der Waals surface area contributed by atoms with Crippen LogP contribution in [0.15, 0.2) is 164 Å². The summed E-state index contributed by atoms with van der Waals surface area (Å²) in [6.07, 6.45) is 0. The summed E-state index contributed by atoms with van der Waals surface area (Å²) < 4.78 is 2.22. The van der Waals surface area contributed by atoms with Crippen molar-refractivity contribution in [3.63, 3.8) is 0 Å². The van der Waals surface area contributed by atoms with Crippen LogP contribution in [0.3, 0.4) is 0 Å². The molecule has 5 heteroatoms. The van der Waals surface area contributed by atoms with Crippen LogP contribution in [-0.4, -0.2) is 19.5 Å². The third-order valence-corrected chi connectivity index (χ3v) is 9.99. The lowest BCUT2D eigenvalue weighted by atomic mass is 9.97. The fourth-order valence-electron chi connectivity index (χ4n) is 7.30. The molecule has 9 rings (SSSR count). The molecule has 0 bridgehead atoms. The van der Waals surface area contributed by atoms with Gasteiger partial charge in [0.1, 0.15) is 6.07 Å². The van der Waals surface area contributed by atoms with Crippen LogP contribution < -0.4 is 0 Å². The van der Waals surface area contributed by atoms with Crippen molar-refractivity contribution in [2.24, 2.45) is 0 Å². The second-order valence-electron chi connectivity index (χ2n) is 13.3. The molecule has 0 aliphatic rings. The molecule has 9 aromatic rings. The van der Waals surface area contributed by atoms with Crippen molar-refractivity contribution in [2.45, 2.75) is 13.8 Å². The molecule has 53 heavy (non-hydrogen) atoms. The van der Waals surface area contributed by atoms with E-state index in [1.807, 2.05) is 78.9 Å². The van der Waals surface area contributed by atoms with Crippen molar-refractivity contribution in [3.05, 3.63) is 180 Å². The van der Waals surface area contributed by atoms with E-state index in [1.165, 1.54) is 22.3 Å². The van der Waals surface area contributed by atoms with E-state index in [0.717, 1.165) is 55.3 Å². The maximum absolute atomic E-state index is 10.6. The highest BCUT2D eigenvalue weighted by Gasteiger charge is 2.20. The number of aromatic nitrogens is 4. The molecule has 0 aliphatic heterocycles. The highest BCUT2D eigenvalue weighted by molar-refractivity contribution is 6.12. The van der Waals surface area contributed by atoms with Crippen LogP contribution in [0.25, 0.3) is 83.9 Å². The number of rotatable bonds is 6. The minimum Gasteiger partial charge on any atom is -0.308 e. The van der Waals surface area contributed by atoms with E-state index >= 15 is 0 Å². The summed E-state index contributed by atoms with van der Waals surface area (Å²) >= 11 is 0. The Morgan fingerprint density at radius 2 is 0.868 bits per heavy atom. The molecular weight excluding hydrogens is 647 g/mol. The van der Waals surface area contributed by atoms with Gasteiger partial charge in [-0.05, 0) is 89.7 Å². The van der Waals surface area contributed by atoms with Crippen LogP contribution in [-0.2, 0) is 0 Å². The predicted octanol–water partition coefficient (Wildman–Crippen LogP) is 11.8. The smallest absolute Gasteiger partial charge is 0.164 e. The van der Waals surface area contributed by atoms with E-state index in [0.29, 0.717) is 23.0 Å². The quantitative estimate of drug-likeness (QED) is 0.175. The number of hydrogen-bond acceptors (Lipinski definition) is 4. The van der Waals surface area contributed by atoms with Gasteiger partial charge in [-0.1, -0.05) is 121 Å². The van der Waals surface area contributed by atoms with Gasteiger partial charge >= 0.3 is 0 Å². The molecule has 0 amide bonds. The fraction of sp³-hybridized carbons (Fsp3) is 0.0417. The third-order valence-electron chi connectivity index (χ3n) is 9.99. The van der Waals surface area contributed by atoms with Crippen molar-refractivity contribution in [3.8, 4) is 68.2 Å². The van der Waals surface area contributed by atoms with Gasteiger partial charge in [-0.25, -0.2) is 15.0 Å². The van der Waals surface area contributed by atoms with E-state index in [9.17, 15) is 5.26 Å². The van der Waals surface area contributed by atoms with Gasteiger partial charge < -0.3 is 4.57 Å². The summed E-state index contributed by atoms with van der Waals surface area (Å²) in [6, 6.07) is 58.5. The molecule has 7 aromatic carbocycles. The van der Waals surface area contributed by atoms with Crippen LogP contribution >= 0.6 is 0 Å². The Labute approximate surface area is 308 Å². The minimum atomic E-state index is 0.535. The first-order valence-corrected chi connectivity index (χ1v) is 17.7. The summed E-state index contributed by atoms with van der Waals surface area (Å²) in [4.78, 5) is 14.9. The SMILES string of the molecule is Cc1ccccc1-c1ccc2c(c1)c1cc(-c3ccccc3C)ccc1n2-c1cc(-c2nc(-c3ccccc3)nc(-c3ccccc3)n2)ccc1C#N. The molecule has 0 aliphatic carbocycles. The van der Waals surface area contributed by atoms with Crippen molar-refractivity contribution in [2.75, 3.05) is 0 Å². The van der Waals surface area contributed by atoms with E-state index in [1.54, 1.807) is 0 Å². The van der Waals surface area contributed by atoms with Gasteiger partial charge in [-0.15, -0.1) is 0 Å². The standard InChI is InChI=1S/C48H33N5/c1-31-13-9-11-19-39(31)35-23-25-43-41(27-35)42-28-36(40-20-12-10-14-32(40)2)24-26-44(42)53(43)45-29-37(21-22-38(45)30-49)48-51-46(33-15-5-3-6-16-33)50-47(52-48)34-17-7-4-8-18-34/h3-29H,1-2H3. The molecule has 0 atom stereocenters. The molecule has 0 spiro atoms. The van der Waals surface area contributed by atoms with Gasteiger partial charge in [-0.2, -0.15) is 5.26 Å². The number of benzene rings is 7. The lowest BCUT2D eigenvalue weighted by Gasteiger charge is -2.13. The topological polar surface area (TPSA) is 67.4 Å². The van der Waals surface area contributed by atoms with Gasteiger partial charge in [0.25, 0.3) is 0 Å². The molecule has 250 valence electrons. The number of nitrogens with zero attached hydrogens (tertiary/aromatic N) is 5. The Morgan fingerprint density at radius 3 is 1.34 bits per heavy atom. The average molecular weight is 680 g/mol. The zero-order valence-corrected chi connectivity index (χ0v) is 29.3. The highest BCUT2D eigenvalue weighted by atomic mass is 15.0. The van der Waals surface area contributed by atoms with Crippen LogP contribution in [0, 0.1) is 25.2 Å². The second-order valence-corrected chi connectivity index (χ2v) is 13.3. The fourth-order valence-corrected chi connectivity index (χ4v) is 7.30. The van der Waals surface area contributed by atoms with Crippen LogP contribution in [0.2, 0.25) is 0 Å². The normalized spacial score (nSPS) is 11.2. The molecular formula is C48H33N5. The third kappa shape index (κ3) is 5.73. The maximum Gasteiger partial charge on any atom is 0.164 e. The van der Waals surface area contributed by atoms with Crippen molar-refractivity contribution in [1.82, 2.24) is 19.5 Å². The predicted molar refractivity (Wildman–Crippen MR) is 216 cm³/mol. The Bertz CT molecular complexity index is 2700.